The zero-order valence-corrected chi connectivity index (χ0v) is 11.5. The molecular weight excluding hydrogens is 264 g/mol. The van der Waals surface area contributed by atoms with Gasteiger partial charge in [0.15, 0.2) is 15.6 Å². The molecular formula is C14H14O4S. The van der Waals surface area contributed by atoms with Crippen LogP contribution in [0.25, 0.3) is 0 Å². The van der Waals surface area contributed by atoms with Crippen LogP contribution in [0.4, 0.5) is 0 Å². The second-order valence-corrected chi connectivity index (χ2v) is 6.39. The highest BCUT2D eigenvalue weighted by atomic mass is 32.2. The van der Waals surface area contributed by atoms with Crippen LogP contribution in [-0.2, 0) is 9.84 Å². The van der Waals surface area contributed by atoms with Crippen LogP contribution in [0.15, 0.2) is 45.9 Å². The summed E-state index contributed by atoms with van der Waals surface area (Å²) in [6.45, 7) is 3.61. The molecule has 0 spiro atoms. The fourth-order valence-corrected chi connectivity index (χ4v) is 3.37. The van der Waals surface area contributed by atoms with E-state index in [0.717, 1.165) is 5.56 Å². The summed E-state index contributed by atoms with van der Waals surface area (Å²) in [5.74, 6) is -1.05. The van der Waals surface area contributed by atoms with Crippen molar-refractivity contribution in [2.24, 2.45) is 0 Å². The summed E-state index contributed by atoms with van der Waals surface area (Å²) in [7, 11) is -3.64. The Labute approximate surface area is 112 Å². The van der Waals surface area contributed by atoms with Gasteiger partial charge in [-0.15, -0.1) is 0 Å². The molecule has 2 rings (SSSR count). The number of ketones is 1. The van der Waals surface area contributed by atoms with Gasteiger partial charge in [0, 0.05) is 0 Å². The van der Waals surface area contributed by atoms with Gasteiger partial charge in [0.1, 0.15) is 5.75 Å². The maximum Gasteiger partial charge on any atom is 0.213 e. The molecule has 0 radical (unpaired) electrons. The molecule has 0 N–H and O–H groups in total. The van der Waals surface area contributed by atoms with E-state index in [1.54, 1.807) is 25.1 Å². The fraction of sp³-hybridized carbons (Fsp3) is 0.214. The number of rotatable bonds is 4. The maximum absolute atomic E-state index is 12.2. The number of sulfone groups is 1. The second-order valence-electron chi connectivity index (χ2n) is 4.43. The zero-order chi connectivity index (χ0) is 14.0. The Morgan fingerprint density at radius 3 is 2.53 bits per heavy atom. The lowest BCUT2D eigenvalue weighted by molar-refractivity contribution is 0.0990. The summed E-state index contributed by atoms with van der Waals surface area (Å²) in [6.07, 6.45) is 1.34. The molecule has 0 atom stereocenters. The number of Topliss-reactive ketones (excluding diaryl/α,β-unsaturated/α-hetero) is 1. The molecule has 0 bridgehead atoms. The first kappa shape index (κ1) is 13.5. The van der Waals surface area contributed by atoms with Gasteiger partial charge >= 0.3 is 0 Å². The van der Waals surface area contributed by atoms with Crippen molar-refractivity contribution < 1.29 is 17.6 Å². The summed E-state index contributed by atoms with van der Waals surface area (Å²) in [5, 5.41) is 0. The van der Waals surface area contributed by atoms with Crippen LogP contribution in [-0.4, -0.2) is 20.0 Å². The first-order chi connectivity index (χ1) is 8.90. The lowest BCUT2D eigenvalue weighted by atomic mass is 10.2. The van der Waals surface area contributed by atoms with Crippen LogP contribution in [0, 0.1) is 13.8 Å². The quantitative estimate of drug-likeness (QED) is 0.806. The maximum atomic E-state index is 12.2. The van der Waals surface area contributed by atoms with Crippen LogP contribution in [0.5, 0.6) is 0 Å². The molecule has 0 saturated heterocycles. The summed E-state index contributed by atoms with van der Waals surface area (Å²) in [5.41, 5.74) is 1.63. The van der Waals surface area contributed by atoms with Crippen LogP contribution in [0.1, 0.15) is 21.7 Å². The Balaban J connectivity index is 2.30. The van der Waals surface area contributed by atoms with Crippen molar-refractivity contribution in [1.29, 1.82) is 0 Å². The lowest BCUT2D eigenvalue weighted by Gasteiger charge is -2.07. The van der Waals surface area contributed by atoms with Gasteiger partial charge < -0.3 is 4.42 Å². The van der Waals surface area contributed by atoms with Crippen molar-refractivity contribution in [2.75, 3.05) is 5.75 Å². The van der Waals surface area contributed by atoms with Crippen molar-refractivity contribution in [1.82, 2.24) is 0 Å². The van der Waals surface area contributed by atoms with E-state index in [1.165, 1.54) is 18.4 Å². The summed E-state index contributed by atoms with van der Waals surface area (Å²) >= 11 is 0. The van der Waals surface area contributed by atoms with Crippen LogP contribution in [0.2, 0.25) is 0 Å². The van der Waals surface area contributed by atoms with Gasteiger partial charge in [0.2, 0.25) is 5.78 Å². The Morgan fingerprint density at radius 2 is 1.95 bits per heavy atom. The number of furan rings is 1. The smallest absolute Gasteiger partial charge is 0.213 e. The molecule has 5 heteroatoms. The Hall–Kier alpha value is -1.88. The Kier molecular flexibility index (Phi) is 3.57. The van der Waals surface area contributed by atoms with Crippen molar-refractivity contribution in [3.63, 3.8) is 0 Å². The number of benzene rings is 1. The van der Waals surface area contributed by atoms with Gasteiger partial charge in [-0.25, -0.2) is 8.42 Å². The summed E-state index contributed by atoms with van der Waals surface area (Å²) in [4.78, 5) is 12.0. The molecule has 0 aliphatic heterocycles. The molecule has 1 aromatic heterocycles. The van der Waals surface area contributed by atoms with Crippen molar-refractivity contribution in [3.8, 4) is 0 Å². The highest BCUT2D eigenvalue weighted by Gasteiger charge is 2.23. The van der Waals surface area contributed by atoms with E-state index < -0.39 is 21.4 Å². The lowest BCUT2D eigenvalue weighted by Crippen LogP contribution is -2.17. The number of carbonyl (C=O) groups excluding carboxylic acids is 1. The molecule has 2 aromatic rings. The van der Waals surface area contributed by atoms with Crippen molar-refractivity contribution >= 4 is 15.6 Å². The van der Waals surface area contributed by atoms with Crippen LogP contribution >= 0.6 is 0 Å². The molecule has 0 aliphatic carbocycles. The molecule has 0 saturated carbocycles. The monoisotopic (exact) mass is 278 g/mol. The topological polar surface area (TPSA) is 64.3 Å². The van der Waals surface area contributed by atoms with E-state index in [1.807, 2.05) is 6.92 Å². The Morgan fingerprint density at radius 1 is 1.21 bits per heavy atom. The van der Waals surface area contributed by atoms with E-state index in [4.69, 9.17) is 4.42 Å². The molecule has 100 valence electrons. The third-order valence-corrected chi connectivity index (χ3v) is 4.55. The third kappa shape index (κ3) is 2.93. The second kappa shape index (κ2) is 5.01. The number of hydrogen-bond donors (Lipinski definition) is 0. The summed E-state index contributed by atoms with van der Waals surface area (Å²) in [6, 6.07) is 8.05. The largest absolute Gasteiger partial charge is 0.461 e. The SMILES string of the molecule is Cc1ccc(S(=O)(=O)CC(=O)c2ccco2)c(C)c1. The average molecular weight is 278 g/mol. The average Bonchev–Trinajstić information content (AvgIpc) is 2.80. The highest BCUT2D eigenvalue weighted by Crippen LogP contribution is 2.19. The molecule has 1 aromatic carbocycles. The molecule has 19 heavy (non-hydrogen) atoms. The van der Waals surface area contributed by atoms with E-state index in [9.17, 15) is 13.2 Å². The minimum atomic E-state index is -3.64. The molecule has 1 heterocycles. The van der Waals surface area contributed by atoms with Gasteiger partial charge in [-0.05, 0) is 37.6 Å². The van der Waals surface area contributed by atoms with Gasteiger partial charge in [-0.1, -0.05) is 17.7 Å². The van der Waals surface area contributed by atoms with E-state index >= 15 is 0 Å². The van der Waals surface area contributed by atoms with E-state index in [2.05, 4.69) is 0 Å². The van der Waals surface area contributed by atoms with E-state index in [0.29, 0.717) is 5.56 Å². The minimum absolute atomic E-state index is 0.0633. The molecule has 4 nitrogen and oxygen atoms in total. The van der Waals surface area contributed by atoms with E-state index in [-0.39, 0.29) is 10.7 Å². The minimum Gasteiger partial charge on any atom is -0.461 e. The van der Waals surface area contributed by atoms with Gasteiger partial charge in [0.25, 0.3) is 0 Å². The molecule has 0 fully saturated rings. The fourth-order valence-electron chi connectivity index (χ4n) is 1.91. The van der Waals surface area contributed by atoms with Gasteiger partial charge in [-0.3, -0.25) is 4.79 Å². The first-order valence-electron chi connectivity index (χ1n) is 5.77. The zero-order valence-electron chi connectivity index (χ0n) is 10.7. The number of hydrogen-bond acceptors (Lipinski definition) is 4. The molecule has 0 unspecified atom stereocenters. The molecule has 0 aliphatic rings. The van der Waals surface area contributed by atoms with Crippen LogP contribution < -0.4 is 0 Å². The number of carbonyl (C=O) groups is 1. The predicted octanol–water partition coefficient (Wildman–Crippen LogP) is 2.55. The van der Waals surface area contributed by atoms with Crippen LogP contribution in [0.3, 0.4) is 0 Å². The summed E-state index contributed by atoms with van der Waals surface area (Å²) < 4.78 is 29.3. The van der Waals surface area contributed by atoms with Gasteiger partial charge in [0.05, 0.1) is 11.2 Å². The normalized spacial score (nSPS) is 11.5. The van der Waals surface area contributed by atoms with Crippen molar-refractivity contribution in [2.45, 2.75) is 18.7 Å². The van der Waals surface area contributed by atoms with Gasteiger partial charge in [-0.2, -0.15) is 0 Å². The predicted molar refractivity (Wildman–Crippen MR) is 71.0 cm³/mol. The Bertz CT molecular complexity index is 697. The third-order valence-electron chi connectivity index (χ3n) is 2.78. The molecule has 0 amide bonds. The standard InChI is InChI=1S/C14H14O4S/c1-10-5-6-14(11(2)8-10)19(16,17)9-12(15)13-4-3-7-18-13/h3-8H,9H2,1-2H3. The highest BCUT2D eigenvalue weighted by molar-refractivity contribution is 7.92. The van der Waals surface area contributed by atoms with Crippen molar-refractivity contribution in [3.05, 3.63) is 53.5 Å². The first-order valence-corrected chi connectivity index (χ1v) is 7.42. The number of aryl methyl sites for hydroxylation is 2.